The van der Waals surface area contributed by atoms with Gasteiger partial charge >= 0.3 is 0 Å². The lowest BCUT2D eigenvalue weighted by atomic mass is 10.3. The van der Waals surface area contributed by atoms with Gasteiger partial charge in [-0.05, 0) is 171 Å². The van der Waals surface area contributed by atoms with Gasteiger partial charge in [0.05, 0.1) is 22.4 Å². The number of hydrogen-bond donors (Lipinski definition) is 5. The van der Waals surface area contributed by atoms with Crippen LogP contribution in [0.2, 0.25) is 0 Å². The van der Waals surface area contributed by atoms with Gasteiger partial charge in [0.15, 0.2) is 0 Å². The highest BCUT2D eigenvalue weighted by molar-refractivity contribution is 9.11. The Morgan fingerprint density at radius 2 is 0.400 bits per heavy atom. The molecule has 0 saturated heterocycles. The summed E-state index contributed by atoms with van der Waals surface area (Å²) in [5, 5.41) is 0. The molecule has 0 nitrogen and oxygen atoms in total. The molecule has 0 aliphatic heterocycles. The van der Waals surface area contributed by atoms with Crippen molar-refractivity contribution in [1.29, 1.82) is 0 Å². The number of thiol groups is 5. The number of benzene rings is 5. The minimum Gasteiger partial charge on any atom is -0.269 e. The van der Waals surface area contributed by atoms with Crippen molar-refractivity contribution < 1.29 is 45.5 Å². The maximum Gasteiger partial charge on any atom is 0.138 e. The maximum atomic E-state index is 12.5. The summed E-state index contributed by atoms with van der Waals surface area (Å²) >= 11 is 34.8. The van der Waals surface area contributed by atoms with E-state index in [2.05, 4.69) is 143 Å². The van der Waals surface area contributed by atoms with Gasteiger partial charge in [-0.3, -0.25) is 23.5 Å². The summed E-state index contributed by atoms with van der Waals surface area (Å²) in [6, 6.07) is 23.5. The van der Waals surface area contributed by atoms with E-state index < -0.39 is 0 Å². The number of rotatable bonds is 0. The van der Waals surface area contributed by atoms with E-state index in [0.29, 0.717) is 46.8 Å². The fraction of sp³-hybridized carbons (Fsp3) is 0. The van der Waals surface area contributed by atoms with Crippen molar-refractivity contribution in [3.8, 4) is 0 Å². The second-order valence-electron chi connectivity index (χ2n) is 7.99. The fourth-order valence-electron chi connectivity index (χ4n) is 2.43. The Kier molecular flexibility index (Phi) is 36.4. The molecule has 0 atom stereocenters. The monoisotopic (exact) mass is 1130 g/mol. The zero-order valence-electron chi connectivity index (χ0n) is 24.2. The van der Waals surface area contributed by atoms with E-state index in [-0.39, 0.29) is 52.6 Å². The van der Waals surface area contributed by atoms with Crippen molar-refractivity contribution in [3.05, 3.63) is 142 Å². The van der Waals surface area contributed by atoms with E-state index in [0.717, 1.165) is 0 Å². The minimum atomic E-state index is -0.275. The Morgan fingerprint density at radius 1 is 0.280 bits per heavy atom. The van der Waals surface area contributed by atoms with Crippen LogP contribution in [0.25, 0.3) is 0 Å². The smallest absolute Gasteiger partial charge is 0.138 e. The summed E-state index contributed by atoms with van der Waals surface area (Å²) in [7, 11) is 0. The summed E-state index contributed by atoms with van der Waals surface area (Å²) in [6.07, 6.45) is 0. The highest BCUT2D eigenvalue weighted by Gasteiger charge is 1.98. The number of halogens is 15. The van der Waals surface area contributed by atoms with Crippen LogP contribution >= 0.6 is 143 Å². The van der Waals surface area contributed by atoms with Crippen molar-refractivity contribution in [1.82, 2.24) is 0 Å². The zero-order chi connectivity index (χ0) is 34.3. The van der Waals surface area contributed by atoms with Crippen LogP contribution in [-0.4, -0.2) is 0 Å². The molecule has 50 heavy (non-hydrogen) atoms. The molecule has 0 aliphatic carbocycles. The third-order valence-electron chi connectivity index (χ3n) is 4.52. The Balaban J connectivity index is -0.000000165. The van der Waals surface area contributed by atoms with E-state index >= 15 is 0 Å². The van der Waals surface area contributed by atoms with Crippen molar-refractivity contribution in [2.45, 2.75) is 24.5 Å². The van der Waals surface area contributed by atoms with Crippen LogP contribution in [-0.2, 0) is 0 Å². The third-order valence-corrected chi connectivity index (χ3v) is 9.12. The lowest BCUT2D eigenvalue weighted by Gasteiger charge is -1.92. The number of hydrogen-bond acceptors (Lipinski definition) is 5. The van der Waals surface area contributed by atoms with Crippen LogP contribution in [0.3, 0.4) is 0 Å². The summed E-state index contributed by atoms with van der Waals surface area (Å²) in [4.78, 5) is 3.17. The Labute approximate surface area is 351 Å². The van der Waals surface area contributed by atoms with Crippen LogP contribution in [0.4, 0.5) is 45.5 Å². The standard InChI is InChI=1S/5C6H4BrFS.5FH/c5*7-5-2-1-4(9)3-6(5)8;;;;;/h5*1-3,9H;5*1H. The van der Waals surface area contributed by atoms with Crippen LogP contribution in [0.15, 0.2) is 138 Å². The average Bonchev–Trinajstić information content (AvgIpc) is 2.97. The van der Waals surface area contributed by atoms with Crippen molar-refractivity contribution >= 4 is 143 Å². The molecule has 0 fully saturated rings. The van der Waals surface area contributed by atoms with Crippen LogP contribution in [0.1, 0.15) is 0 Å². The topological polar surface area (TPSA) is 0 Å². The largest absolute Gasteiger partial charge is 0.269 e. The van der Waals surface area contributed by atoms with Crippen molar-refractivity contribution in [3.63, 3.8) is 0 Å². The molecule has 0 radical (unpaired) electrons. The highest BCUT2D eigenvalue weighted by Crippen LogP contribution is 2.21. The molecule has 0 heterocycles. The summed E-state index contributed by atoms with van der Waals surface area (Å²) < 4.78 is 64.8. The predicted molar refractivity (Wildman–Crippen MR) is 219 cm³/mol. The first-order valence-electron chi connectivity index (χ1n) is 11.7. The predicted octanol–water partition coefficient (Wildman–Crippen LogP) is 15.1. The Morgan fingerprint density at radius 3 is 0.480 bits per heavy atom. The van der Waals surface area contributed by atoms with Gasteiger partial charge in [-0.1, -0.05) is 0 Å². The van der Waals surface area contributed by atoms with Gasteiger partial charge in [0, 0.05) is 24.5 Å². The molecule has 0 aliphatic rings. The maximum absolute atomic E-state index is 12.5. The molecule has 5 rings (SSSR count). The van der Waals surface area contributed by atoms with Gasteiger partial charge in [0.1, 0.15) is 29.1 Å². The molecule has 0 amide bonds. The summed E-state index contributed by atoms with van der Waals surface area (Å²) in [6.45, 7) is 0. The van der Waals surface area contributed by atoms with E-state index in [4.69, 9.17) is 0 Å². The lowest BCUT2D eigenvalue weighted by Crippen LogP contribution is -1.74. The summed E-state index contributed by atoms with van der Waals surface area (Å²) in [5.41, 5.74) is 0. The molecular weight excluding hydrogens is 1110 g/mol. The lowest BCUT2D eigenvalue weighted by molar-refractivity contribution is 0.617. The minimum absolute atomic E-state index is 0. The van der Waals surface area contributed by atoms with Gasteiger partial charge < -0.3 is 0 Å². The molecule has 0 unspecified atom stereocenters. The Bertz CT molecular complexity index is 1420. The molecule has 280 valence electrons. The first kappa shape index (κ1) is 58.8. The highest BCUT2D eigenvalue weighted by atomic mass is 79.9. The molecule has 0 spiro atoms. The van der Waals surface area contributed by atoms with Gasteiger partial charge in [-0.15, -0.1) is 63.1 Å². The van der Waals surface area contributed by atoms with Crippen molar-refractivity contribution in [2.75, 3.05) is 0 Å². The first-order valence-corrected chi connectivity index (χ1v) is 17.9. The van der Waals surface area contributed by atoms with Crippen LogP contribution in [0, 0.1) is 29.1 Å². The second-order valence-corrected chi connectivity index (χ2v) is 14.8. The molecule has 5 aromatic carbocycles. The molecule has 0 saturated carbocycles. The third kappa shape index (κ3) is 24.7. The van der Waals surface area contributed by atoms with Gasteiger partial charge in [-0.25, -0.2) is 22.0 Å². The second kappa shape index (κ2) is 31.0. The van der Waals surface area contributed by atoms with Gasteiger partial charge in [-0.2, -0.15) is 0 Å². The summed E-state index contributed by atoms with van der Waals surface area (Å²) in [5.74, 6) is -1.38. The molecular formula is C30H25Br5F10S5. The van der Waals surface area contributed by atoms with Crippen molar-refractivity contribution in [2.24, 2.45) is 0 Å². The average molecular weight is 1140 g/mol. The molecule has 0 N–H and O–H groups in total. The van der Waals surface area contributed by atoms with Gasteiger partial charge in [0.25, 0.3) is 0 Å². The zero-order valence-corrected chi connectivity index (χ0v) is 36.6. The Hall–Kier alpha value is -0.450. The molecule has 0 aromatic heterocycles. The molecule has 0 bridgehead atoms. The normalized spacial score (nSPS) is 8.70. The van der Waals surface area contributed by atoms with Crippen LogP contribution in [0.5, 0.6) is 0 Å². The van der Waals surface area contributed by atoms with E-state index in [1.165, 1.54) is 30.3 Å². The SMILES string of the molecule is F.F.F.F.F.Fc1cc(S)ccc1Br.Fc1cc(S)ccc1Br.Fc1cc(S)ccc1Br.Fc1cc(S)ccc1Br.Fc1cc(S)ccc1Br. The molecule has 20 heteroatoms. The van der Waals surface area contributed by atoms with E-state index in [1.807, 2.05) is 0 Å². The molecule has 5 aromatic rings. The fourth-order valence-corrected chi connectivity index (χ4v) is 4.60. The van der Waals surface area contributed by atoms with Gasteiger partial charge in [0.2, 0.25) is 0 Å². The van der Waals surface area contributed by atoms with E-state index in [1.54, 1.807) is 60.7 Å². The van der Waals surface area contributed by atoms with Crippen LogP contribution < -0.4 is 0 Å². The van der Waals surface area contributed by atoms with E-state index in [9.17, 15) is 22.0 Å². The first-order chi connectivity index (χ1) is 21.0. The quantitative estimate of drug-likeness (QED) is 0.0741.